The predicted octanol–water partition coefficient (Wildman–Crippen LogP) is 1.68. The summed E-state index contributed by atoms with van der Waals surface area (Å²) in [4.78, 5) is 11.3. The van der Waals surface area contributed by atoms with Crippen LogP contribution in [-0.2, 0) is 4.79 Å². The zero-order chi connectivity index (χ0) is 10.1. The standard InChI is InChI=1S/C10H13ClO2/c1-10(2)4-3-9(13)7(5-10)8(11)6-12/h3-5,8,12H,6H2,1-2H3. The lowest BCUT2D eigenvalue weighted by Gasteiger charge is -2.22. The van der Waals surface area contributed by atoms with Crippen molar-refractivity contribution in [3.05, 3.63) is 23.8 Å². The third-order valence-electron chi connectivity index (χ3n) is 1.97. The van der Waals surface area contributed by atoms with Crippen LogP contribution >= 0.6 is 11.6 Å². The maximum Gasteiger partial charge on any atom is 0.182 e. The highest BCUT2D eigenvalue weighted by Crippen LogP contribution is 2.28. The summed E-state index contributed by atoms with van der Waals surface area (Å²) in [6.07, 6.45) is 5.16. The van der Waals surface area contributed by atoms with Crippen LogP contribution in [0.4, 0.5) is 0 Å². The summed E-state index contributed by atoms with van der Waals surface area (Å²) >= 11 is 5.79. The van der Waals surface area contributed by atoms with Gasteiger partial charge < -0.3 is 5.11 Å². The number of carbonyl (C=O) groups is 1. The van der Waals surface area contributed by atoms with Crippen molar-refractivity contribution in [3.63, 3.8) is 0 Å². The number of halogens is 1. The number of hydrogen-bond donors (Lipinski definition) is 1. The van der Waals surface area contributed by atoms with Gasteiger partial charge in [-0.15, -0.1) is 11.6 Å². The molecule has 13 heavy (non-hydrogen) atoms. The quantitative estimate of drug-likeness (QED) is 0.689. The first kappa shape index (κ1) is 10.5. The second-order valence-electron chi connectivity index (χ2n) is 3.77. The summed E-state index contributed by atoms with van der Waals surface area (Å²) in [6.45, 7) is 3.76. The van der Waals surface area contributed by atoms with Gasteiger partial charge in [0.1, 0.15) is 0 Å². The molecule has 1 atom stereocenters. The Morgan fingerprint density at radius 1 is 1.62 bits per heavy atom. The average molecular weight is 201 g/mol. The van der Waals surface area contributed by atoms with E-state index in [-0.39, 0.29) is 17.8 Å². The van der Waals surface area contributed by atoms with Crippen molar-refractivity contribution in [2.45, 2.75) is 19.2 Å². The lowest BCUT2D eigenvalue weighted by atomic mass is 9.84. The van der Waals surface area contributed by atoms with Crippen molar-refractivity contribution in [1.82, 2.24) is 0 Å². The largest absolute Gasteiger partial charge is 0.394 e. The zero-order valence-corrected chi connectivity index (χ0v) is 8.51. The van der Waals surface area contributed by atoms with Crippen molar-refractivity contribution in [1.29, 1.82) is 0 Å². The Hall–Kier alpha value is -0.600. The van der Waals surface area contributed by atoms with E-state index in [1.165, 1.54) is 6.08 Å². The first-order valence-electron chi connectivity index (χ1n) is 4.17. The van der Waals surface area contributed by atoms with E-state index in [0.29, 0.717) is 5.57 Å². The van der Waals surface area contributed by atoms with E-state index in [9.17, 15) is 4.79 Å². The fourth-order valence-electron chi connectivity index (χ4n) is 1.25. The van der Waals surface area contributed by atoms with Gasteiger partial charge in [-0.05, 0) is 6.08 Å². The molecule has 0 amide bonds. The minimum Gasteiger partial charge on any atom is -0.394 e. The Kier molecular flexibility index (Phi) is 2.94. The fraction of sp³-hybridized carbons (Fsp3) is 0.500. The van der Waals surface area contributed by atoms with Crippen LogP contribution in [0.15, 0.2) is 23.8 Å². The van der Waals surface area contributed by atoms with E-state index in [4.69, 9.17) is 16.7 Å². The van der Waals surface area contributed by atoms with Crippen LogP contribution in [0.5, 0.6) is 0 Å². The third kappa shape index (κ3) is 2.42. The molecule has 0 bridgehead atoms. The SMILES string of the molecule is CC1(C)C=CC(=O)C(C(Cl)CO)=C1. The summed E-state index contributed by atoms with van der Waals surface area (Å²) in [5.41, 5.74) is 0.350. The van der Waals surface area contributed by atoms with Gasteiger partial charge in [-0.25, -0.2) is 0 Å². The number of alkyl halides is 1. The van der Waals surface area contributed by atoms with Crippen LogP contribution in [-0.4, -0.2) is 22.9 Å². The van der Waals surface area contributed by atoms with E-state index in [2.05, 4.69) is 0 Å². The van der Waals surface area contributed by atoms with E-state index < -0.39 is 5.38 Å². The average Bonchev–Trinajstić information content (AvgIpc) is 2.08. The second kappa shape index (κ2) is 3.64. The maximum atomic E-state index is 11.3. The van der Waals surface area contributed by atoms with E-state index in [1.54, 1.807) is 0 Å². The fourth-order valence-corrected chi connectivity index (χ4v) is 1.42. The molecular weight excluding hydrogens is 188 g/mol. The van der Waals surface area contributed by atoms with Crippen molar-refractivity contribution in [2.24, 2.45) is 5.41 Å². The van der Waals surface area contributed by atoms with Crippen molar-refractivity contribution in [3.8, 4) is 0 Å². The van der Waals surface area contributed by atoms with Gasteiger partial charge in [0, 0.05) is 11.0 Å². The molecule has 72 valence electrons. The molecule has 1 aliphatic rings. The third-order valence-corrected chi connectivity index (χ3v) is 2.35. The topological polar surface area (TPSA) is 37.3 Å². The van der Waals surface area contributed by atoms with Crippen LogP contribution in [0, 0.1) is 5.41 Å². The molecule has 0 spiro atoms. The van der Waals surface area contributed by atoms with Crippen LogP contribution in [0.25, 0.3) is 0 Å². The number of aliphatic hydroxyl groups excluding tert-OH is 1. The molecule has 2 nitrogen and oxygen atoms in total. The molecule has 0 radical (unpaired) electrons. The Bertz CT molecular complexity index is 277. The monoisotopic (exact) mass is 200 g/mol. The number of carbonyl (C=O) groups excluding carboxylic acids is 1. The molecule has 3 heteroatoms. The normalized spacial score (nSPS) is 22.8. The lowest BCUT2D eigenvalue weighted by molar-refractivity contribution is -0.111. The van der Waals surface area contributed by atoms with Gasteiger partial charge in [-0.3, -0.25) is 4.79 Å². The van der Waals surface area contributed by atoms with Gasteiger partial charge in [-0.2, -0.15) is 0 Å². The molecular formula is C10H13ClO2. The Morgan fingerprint density at radius 2 is 2.23 bits per heavy atom. The molecule has 0 heterocycles. The molecule has 1 rings (SSSR count). The molecule has 0 aromatic rings. The first-order valence-corrected chi connectivity index (χ1v) is 4.61. The number of rotatable bonds is 2. The van der Waals surface area contributed by atoms with E-state index >= 15 is 0 Å². The zero-order valence-electron chi connectivity index (χ0n) is 7.75. The Balaban J connectivity index is 2.95. The summed E-state index contributed by atoms with van der Waals surface area (Å²) in [6, 6.07) is 0. The number of aliphatic hydroxyl groups is 1. The van der Waals surface area contributed by atoms with Gasteiger partial charge >= 0.3 is 0 Å². The molecule has 0 fully saturated rings. The van der Waals surface area contributed by atoms with Crippen molar-refractivity contribution < 1.29 is 9.90 Å². The molecule has 0 aromatic heterocycles. The van der Waals surface area contributed by atoms with Gasteiger partial charge in [0.15, 0.2) is 5.78 Å². The van der Waals surface area contributed by atoms with Crippen molar-refractivity contribution in [2.75, 3.05) is 6.61 Å². The summed E-state index contributed by atoms with van der Waals surface area (Å²) < 4.78 is 0. The molecule has 0 aromatic carbocycles. The van der Waals surface area contributed by atoms with Gasteiger partial charge in [-0.1, -0.05) is 26.0 Å². The van der Waals surface area contributed by atoms with Crippen LogP contribution < -0.4 is 0 Å². The van der Waals surface area contributed by atoms with Crippen molar-refractivity contribution >= 4 is 17.4 Å². The molecule has 1 N–H and O–H groups in total. The summed E-state index contributed by atoms with van der Waals surface area (Å²) in [7, 11) is 0. The summed E-state index contributed by atoms with van der Waals surface area (Å²) in [5.74, 6) is -0.103. The smallest absolute Gasteiger partial charge is 0.182 e. The highest BCUT2D eigenvalue weighted by molar-refractivity contribution is 6.27. The lowest BCUT2D eigenvalue weighted by Crippen LogP contribution is -2.22. The first-order chi connectivity index (χ1) is 5.96. The highest BCUT2D eigenvalue weighted by Gasteiger charge is 2.24. The number of ketones is 1. The van der Waals surface area contributed by atoms with Crippen LogP contribution in [0.2, 0.25) is 0 Å². The molecule has 0 saturated carbocycles. The number of allylic oxidation sites excluding steroid dienone is 3. The molecule has 0 aliphatic heterocycles. The molecule has 0 saturated heterocycles. The van der Waals surface area contributed by atoms with Gasteiger partial charge in [0.2, 0.25) is 0 Å². The van der Waals surface area contributed by atoms with E-state index in [1.807, 2.05) is 26.0 Å². The van der Waals surface area contributed by atoms with Gasteiger partial charge in [0.25, 0.3) is 0 Å². The minimum absolute atomic E-state index is 0.103. The maximum absolute atomic E-state index is 11.3. The second-order valence-corrected chi connectivity index (χ2v) is 4.30. The van der Waals surface area contributed by atoms with E-state index in [0.717, 1.165) is 0 Å². The Morgan fingerprint density at radius 3 is 2.77 bits per heavy atom. The highest BCUT2D eigenvalue weighted by atomic mass is 35.5. The summed E-state index contributed by atoms with van der Waals surface area (Å²) in [5, 5.41) is 8.24. The Labute approximate surface area is 82.9 Å². The predicted molar refractivity (Wildman–Crippen MR) is 52.7 cm³/mol. The molecule has 1 unspecified atom stereocenters. The molecule has 1 aliphatic carbocycles. The van der Waals surface area contributed by atoms with Crippen LogP contribution in [0.3, 0.4) is 0 Å². The number of hydrogen-bond acceptors (Lipinski definition) is 2. The van der Waals surface area contributed by atoms with Gasteiger partial charge in [0.05, 0.1) is 12.0 Å². The van der Waals surface area contributed by atoms with Crippen LogP contribution in [0.1, 0.15) is 13.8 Å². The minimum atomic E-state index is -0.586.